The minimum atomic E-state index is -0.0430. The smallest absolute Gasteiger partial charge is 0.317 e. The first-order chi connectivity index (χ1) is 10.7. The van der Waals surface area contributed by atoms with Gasteiger partial charge in [-0.15, -0.1) is 0 Å². The van der Waals surface area contributed by atoms with Gasteiger partial charge in [0.1, 0.15) is 0 Å². The molecule has 22 heavy (non-hydrogen) atoms. The Hall–Kier alpha value is -2.30. The Kier molecular flexibility index (Phi) is 4.42. The molecule has 3 rings (SSSR count). The first kappa shape index (κ1) is 14.6. The number of rotatable bonds is 4. The van der Waals surface area contributed by atoms with Gasteiger partial charge in [0.05, 0.1) is 0 Å². The number of nitrogens with one attached hydrogen (secondary N) is 2. The van der Waals surface area contributed by atoms with Crippen LogP contribution >= 0.6 is 0 Å². The Bertz CT molecular complexity index is 597. The van der Waals surface area contributed by atoms with Crippen molar-refractivity contribution in [3.63, 3.8) is 0 Å². The zero-order chi connectivity index (χ0) is 15.4. The van der Waals surface area contributed by atoms with E-state index in [2.05, 4.69) is 22.8 Å². The van der Waals surface area contributed by atoms with Gasteiger partial charge in [0.15, 0.2) is 0 Å². The second-order valence-corrected chi connectivity index (χ2v) is 5.78. The van der Waals surface area contributed by atoms with Crippen LogP contribution in [0.25, 0.3) is 0 Å². The van der Waals surface area contributed by atoms with E-state index in [0.29, 0.717) is 19.6 Å². The highest BCUT2D eigenvalue weighted by atomic mass is 16.2. The third kappa shape index (κ3) is 3.30. The predicted molar refractivity (Wildman–Crippen MR) is 85.4 cm³/mol. The maximum atomic E-state index is 12.4. The summed E-state index contributed by atoms with van der Waals surface area (Å²) in [5.41, 5.74) is 1.78. The average molecular weight is 299 g/mol. The molecule has 1 aromatic carbocycles. The number of allylic oxidation sites excluding steroid dienone is 2. The maximum Gasteiger partial charge on any atom is 0.317 e. The molecular formula is C17H21N3O2. The summed E-state index contributed by atoms with van der Waals surface area (Å²) in [4.78, 5) is 25.8. The molecular weight excluding hydrogens is 278 g/mol. The average Bonchev–Trinajstić information content (AvgIpc) is 2.95. The fraction of sp³-hybridized carbons (Fsp3) is 0.412. The second kappa shape index (κ2) is 6.64. The van der Waals surface area contributed by atoms with E-state index in [4.69, 9.17) is 0 Å². The minimum Gasteiger partial charge on any atom is -0.336 e. The zero-order valence-corrected chi connectivity index (χ0v) is 12.5. The lowest BCUT2D eigenvalue weighted by Crippen LogP contribution is -2.29. The van der Waals surface area contributed by atoms with Crippen molar-refractivity contribution in [3.05, 3.63) is 42.0 Å². The van der Waals surface area contributed by atoms with Crippen molar-refractivity contribution in [1.29, 1.82) is 0 Å². The topological polar surface area (TPSA) is 61.4 Å². The maximum absolute atomic E-state index is 12.4. The molecule has 3 amide bonds. The fourth-order valence-corrected chi connectivity index (χ4v) is 2.91. The number of nitrogens with zero attached hydrogens (tertiary/aromatic N) is 1. The van der Waals surface area contributed by atoms with Gasteiger partial charge < -0.3 is 15.5 Å². The van der Waals surface area contributed by atoms with E-state index < -0.39 is 0 Å². The Balaban J connectivity index is 1.69. The van der Waals surface area contributed by atoms with E-state index in [-0.39, 0.29) is 17.9 Å². The van der Waals surface area contributed by atoms with Crippen LogP contribution in [-0.2, 0) is 11.3 Å². The Morgan fingerprint density at radius 2 is 2.18 bits per heavy atom. The summed E-state index contributed by atoms with van der Waals surface area (Å²) in [5, 5.41) is 5.83. The Labute approximate surface area is 130 Å². The summed E-state index contributed by atoms with van der Waals surface area (Å²) < 4.78 is 0. The largest absolute Gasteiger partial charge is 0.336 e. The minimum absolute atomic E-state index is 0.0430. The van der Waals surface area contributed by atoms with Crippen molar-refractivity contribution in [1.82, 2.24) is 10.2 Å². The van der Waals surface area contributed by atoms with Crippen LogP contribution in [0.1, 0.15) is 24.8 Å². The van der Waals surface area contributed by atoms with Gasteiger partial charge in [-0.3, -0.25) is 4.79 Å². The van der Waals surface area contributed by atoms with Crippen molar-refractivity contribution < 1.29 is 9.59 Å². The first-order valence-corrected chi connectivity index (χ1v) is 7.80. The van der Waals surface area contributed by atoms with Crippen LogP contribution in [0.5, 0.6) is 0 Å². The summed E-state index contributed by atoms with van der Waals surface area (Å²) in [6.07, 6.45) is 6.88. The molecule has 1 atom stereocenters. The molecule has 2 N–H and O–H groups in total. The summed E-state index contributed by atoms with van der Waals surface area (Å²) >= 11 is 0. The highest BCUT2D eigenvalue weighted by Gasteiger charge is 2.22. The molecule has 0 aromatic heterocycles. The van der Waals surface area contributed by atoms with Gasteiger partial charge >= 0.3 is 6.03 Å². The number of para-hydroxylation sites is 1. The van der Waals surface area contributed by atoms with Crippen molar-refractivity contribution >= 4 is 17.6 Å². The number of hydrogen-bond donors (Lipinski definition) is 2. The highest BCUT2D eigenvalue weighted by Crippen LogP contribution is 2.23. The molecule has 1 saturated heterocycles. The van der Waals surface area contributed by atoms with E-state index in [1.807, 2.05) is 24.3 Å². The van der Waals surface area contributed by atoms with Crippen LogP contribution in [-0.4, -0.2) is 29.9 Å². The van der Waals surface area contributed by atoms with Gasteiger partial charge in [-0.05, 0) is 30.9 Å². The molecule has 5 heteroatoms. The molecule has 0 unspecified atom stereocenters. The molecule has 5 nitrogen and oxygen atoms in total. The Morgan fingerprint density at radius 3 is 2.91 bits per heavy atom. The SMILES string of the molecule is O=C(Nc1ccccc1CN1CCNC1=O)[C@@H]1CC=CCC1. The molecule has 1 aliphatic carbocycles. The second-order valence-electron chi connectivity index (χ2n) is 5.78. The summed E-state index contributed by atoms with van der Waals surface area (Å²) in [5.74, 6) is 0.121. The van der Waals surface area contributed by atoms with Crippen molar-refractivity contribution in [2.45, 2.75) is 25.8 Å². The van der Waals surface area contributed by atoms with Gasteiger partial charge in [-0.1, -0.05) is 30.4 Å². The first-order valence-electron chi connectivity index (χ1n) is 7.80. The Morgan fingerprint density at radius 1 is 1.32 bits per heavy atom. The number of amides is 3. The molecule has 0 saturated carbocycles. The van der Waals surface area contributed by atoms with Gasteiger partial charge in [0, 0.05) is 31.2 Å². The molecule has 0 bridgehead atoms. The lowest BCUT2D eigenvalue weighted by Gasteiger charge is -2.20. The zero-order valence-electron chi connectivity index (χ0n) is 12.5. The molecule has 0 radical (unpaired) electrons. The lowest BCUT2D eigenvalue weighted by molar-refractivity contribution is -0.120. The summed E-state index contributed by atoms with van der Waals surface area (Å²) in [7, 11) is 0. The van der Waals surface area contributed by atoms with Crippen LogP contribution in [0.2, 0.25) is 0 Å². The quantitative estimate of drug-likeness (QED) is 0.839. The van der Waals surface area contributed by atoms with Gasteiger partial charge in [-0.25, -0.2) is 4.79 Å². The number of carbonyl (C=O) groups excluding carboxylic acids is 2. The van der Waals surface area contributed by atoms with Crippen LogP contribution in [0, 0.1) is 5.92 Å². The number of benzene rings is 1. The molecule has 0 spiro atoms. The van der Waals surface area contributed by atoms with Crippen molar-refractivity contribution in [2.75, 3.05) is 18.4 Å². The molecule has 1 heterocycles. The standard InChI is InChI=1S/C17H21N3O2/c21-16(13-6-2-1-3-7-13)19-15-9-5-4-8-14(15)12-20-11-10-18-17(20)22/h1-2,4-5,8-9,13H,3,6-7,10-12H2,(H,18,22)(H,19,21)/t13-/m1/s1. The predicted octanol–water partition coefficient (Wildman–Crippen LogP) is 2.51. The van der Waals surface area contributed by atoms with Crippen molar-refractivity contribution in [3.8, 4) is 0 Å². The molecule has 116 valence electrons. The molecule has 1 aromatic rings. The monoisotopic (exact) mass is 299 g/mol. The number of urea groups is 1. The molecule has 1 fully saturated rings. The van der Waals surface area contributed by atoms with Crippen LogP contribution in [0.3, 0.4) is 0 Å². The summed E-state index contributed by atoms with van der Waals surface area (Å²) in [6.45, 7) is 1.91. The number of anilines is 1. The van der Waals surface area contributed by atoms with E-state index in [1.165, 1.54) is 0 Å². The number of carbonyl (C=O) groups is 2. The fourth-order valence-electron chi connectivity index (χ4n) is 2.91. The third-order valence-electron chi connectivity index (χ3n) is 4.22. The van der Waals surface area contributed by atoms with E-state index >= 15 is 0 Å². The van der Waals surface area contributed by atoms with Gasteiger partial charge in [0.2, 0.25) is 5.91 Å². The number of hydrogen-bond acceptors (Lipinski definition) is 2. The molecule has 1 aliphatic heterocycles. The van der Waals surface area contributed by atoms with E-state index in [9.17, 15) is 9.59 Å². The van der Waals surface area contributed by atoms with E-state index in [0.717, 1.165) is 30.5 Å². The third-order valence-corrected chi connectivity index (χ3v) is 4.22. The van der Waals surface area contributed by atoms with E-state index in [1.54, 1.807) is 4.90 Å². The summed E-state index contributed by atoms with van der Waals surface area (Å²) in [6, 6.07) is 7.66. The van der Waals surface area contributed by atoms with Crippen molar-refractivity contribution in [2.24, 2.45) is 5.92 Å². The van der Waals surface area contributed by atoms with Crippen LogP contribution < -0.4 is 10.6 Å². The van der Waals surface area contributed by atoms with Gasteiger partial charge in [0.25, 0.3) is 0 Å². The molecule has 2 aliphatic rings. The van der Waals surface area contributed by atoms with Gasteiger partial charge in [-0.2, -0.15) is 0 Å². The lowest BCUT2D eigenvalue weighted by atomic mass is 9.93. The van der Waals surface area contributed by atoms with Crippen LogP contribution in [0.4, 0.5) is 10.5 Å². The normalized spacial score (nSPS) is 20.8. The van der Waals surface area contributed by atoms with Crippen LogP contribution in [0.15, 0.2) is 36.4 Å². The highest BCUT2D eigenvalue weighted by molar-refractivity contribution is 5.93.